The van der Waals surface area contributed by atoms with Crippen LogP contribution in [0.2, 0.25) is 0 Å². The predicted octanol–water partition coefficient (Wildman–Crippen LogP) is 13.7. The zero-order chi connectivity index (χ0) is 39.3. The molecule has 1 heterocycles. The second-order valence-electron chi connectivity index (χ2n) is 12.2. The summed E-state index contributed by atoms with van der Waals surface area (Å²) in [6, 6.07) is 40.1. The summed E-state index contributed by atoms with van der Waals surface area (Å²) >= 11 is 0. The van der Waals surface area contributed by atoms with Gasteiger partial charge in [0.15, 0.2) is 0 Å². The topological polar surface area (TPSA) is 13.1 Å². The lowest BCUT2D eigenvalue weighted by Gasteiger charge is -2.19. The van der Waals surface area contributed by atoms with Gasteiger partial charge in [-0.3, -0.25) is 0 Å². The highest BCUT2D eigenvalue weighted by molar-refractivity contribution is 6.22. The lowest BCUT2D eigenvalue weighted by atomic mass is 9.84. The minimum atomic E-state index is -0.561. The molecule has 1 heteroatoms. The first-order valence-electron chi connectivity index (χ1n) is 20.2. The molecule has 0 bridgehead atoms. The van der Waals surface area contributed by atoms with E-state index in [1.807, 2.05) is 66.7 Å². The van der Waals surface area contributed by atoms with Gasteiger partial charge in [-0.25, -0.2) is 0 Å². The fourth-order valence-corrected chi connectivity index (χ4v) is 7.21. The first-order chi connectivity index (χ1) is 27.7. The first kappa shape index (κ1) is 20.7. The van der Waals surface area contributed by atoms with Crippen LogP contribution < -0.4 is 0 Å². The zero-order valence-corrected chi connectivity index (χ0v) is 26.1. The van der Waals surface area contributed by atoms with Crippen LogP contribution in [0, 0.1) is 0 Å². The van der Waals surface area contributed by atoms with Crippen LogP contribution in [-0.2, 0) is 0 Å². The Morgan fingerprint density at radius 3 is 1.61 bits per heavy atom. The molecule has 0 aliphatic rings. The third-order valence-corrected chi connectivity index (χ3v) is 9.40. The third-order valence-electron chi connectivity index (χ3n) is 9.40. The number of rotatable bonds is 4. The van der Waals surface area contributed by atoms with Crippen LogP contribution in [0.1, 0.15) is 11.0 Å². The molecule has 49 heavy (non-hydrogen) atoms. The van der Waals surface area contributed by atoms with Crippen molar-refractivity contribution < 1.29 is 15.4 Å². The van der Waals surface area contributed by atoms with E-state index in [0.29, 0.717) is 11.1 Å². The molecule has 0 amide bonds. The van der Waals surface area contributed by atoms with Gasteiger partial charge in [0.25, 0.3) is 0 Å². The highest BCUT2D eigenvalue weighted by Gasteiger charge is 2.19. The molecule has 0 unspecified atom stereocenters. The van der Waals surface area contributed by atoms with Crippen LogP contribution in [0.3, 0.4) is 0 Å². The molecule has 0 aliphatic carbocycles. The van der Waals surface area contributed by atoms with Gasteiger partial charge in [0.1, 0.15) is 11.2 Å². The molecule has 0 spiro atoms. The molecular weight excluding hydrogens is 593 g/mol. The number of furan rings is 1. The maximum Gasteiger partial charge on any atom is 0.143 e. The molecule has 10 aromatic rings. The van der Waals surface area contributed by atoms with Gasteiger partial charge in [-0.1, -0.05) is 145 Å². The molecule has 0 saturated carbocycles. The van der Waals surface area contributed by atoms with Gasteiger partial charge < -0.3 is 4.42 Å². The Bertz CT molecular complexity index is 3250. The number of hydrogen-bond acceptors (Lipinski definition) is 1. The van der Waals surface area contributed by atoms with E-state index in [2.05, 4.69) is 42.5 Å². The van der Waals surface area contributed by atoms with Crippen molar-refractivity contribution in [1.82, 2.24) is 0 Å². The van der Waals surface area contributed by atoms with Gasteiger partial charge >= 0.3 is 0 Å². The van der Waals surface area contributed by atoms with Gasteiger partial charge in [-0.2, -0.15) is 0 Å². The van der Waals surface area contributed by atoms with E-state index in [1.54, 1.807) is 24.3 Å². The largest absolute Gasteiger partial charge is 0.455 e. The Morgan fingerprint density at radius 2 is 0.918 bits per heavy atom. The molecule has 0 aliphatic heterocycles. The van der Waals surface area contributed by atoms with Crippen molar-refractivity contribution >= 4 is 54.3 Å². The van der Waals surface area contributed by atoms with Crippen molar-refractivity contribution in [2.45, 2.75) is 0 Å². The third kappa shape index (κ3) is 4.47. The van der Waals surface area contributed by atoms with Crippen molar-refractivity contribution in [3.8, 4) is 44.5 Å². The quantitative estimate of drug-likeness (QED) is 0.176. The Hall–Kier alpha value is -6.44. The normalized spacial score (nSPS) is 14.0. The lowest BCUT2D eigenvalue weighted by Crippen LogP contribution is -1.92. The van der Waals surface area contributed by atoms with E-state index < -0.39 is 30.2 Å². The van der Waals surface area contributed by atoms with Gasteiger partial charge in [0.2, 0.25) is 0 Å². The first-order valence-corrected chi connectivity index (χ1v) is 16.2. The molecule has 0 saturated heterocycles. The van der Waals surface area contributed by atoms with Crippen LogP contribution in [-0.4, -0.2) is 0 Å². The van der Waals surface area contributed by atoms with Crippen LogP contribution >= 0.6 is 0 Å². The van der Waals surface area contributed by atoms with E-state index in [-0.39, 0.29) is 40.4 Å². The highest BCUT2D eigenvalue weighted by atomic mass is 16.3. The lowest BCUT2D eigenvalue weighted by molar-refractivity contribution is 0.673. The molecule has 0 radical (unpaired) electrons. The maximum atomic E-state index is 9.83. The predicted molar refractivity (Wildman–Crippen MR) is 208 cm³/mol. The summed E-state index contributed by atoms with van der Waals surface area (Å²) in [6.07, 6.45) is 0. The summed E-state index contributed by atoms with van der Waals surface area (Å²) in [4.78, 5) is 0. The van der Waals surface area contributed by atoms with Crippen molar-refractivity contribution in [3.63, 3.8) is 0 Å². The average molecular weight is 631 g/mol. The summed E-state index contributed by atoms with van der Waals surface area (Å²) in [5.41, 5.74) is 4.60. The van der Waals surface area contributed by atoms with Crippen LogP contribution in [0.5, 0.6) is 0 Å². The van der Waals surface area contributed by atoms with Gasteiger partial charge in [0.05, 0.1) is 11.0 Å². The van der Waals surface area contributed by atoms with Crippen molar-refractivity contribution in [2.24, 2.45) is 0 Å². The molecule has 0 fully saturated rings. The van der Waals surface area contributed by atoms with Gasteiger partial charge in [-0.05, 0) is 108 Å². The molecule has 9 aromatic carbocycles. The average Bonchev–Trinajstić information content (AvgIpc) is 3.62. The molecule has 1 nitrogen and oxygen atoms in total. The van der Waals surface area contributed by atoms with Crippen LogP contribution in [0.25, 0.3) is 98.8 Å². The Kier molecular flexibility index (Phi) is 4.69. The smallest absolute Gasteiger partial charge is 0.143 e. The summed E-state index contributed by atoms with van der Waals surface area (Å²) in [5, 5.41) is 7.43. The minimum Gasteiger partial charge on any atom is -0.455 e. The number of hydrogen-bond donors (Lipinski definition) is 0. The van der Waals surface area contributed by atoms with E-state index in [4.69, 9.17) is 11.3 Å². The van der Waals surface area contributed by atoms with E-state index in [1.165, 1.54) is 0 Å². The Balaban J connectivity index is 1.32. The summed E-state index contributed by atoms with van der Waals surface area (Å²) in [5.74, 6) is 0. The van der Waals surface area contributed by atoms with Crippen molar-refractivity contribution in [2.75, 3.05) is 0 Å². The van der Waals surface area contributed by atoms with Crippen LogP contribution in [0.4, 0.5) is 0 Å². The summed E-state index contributed by atoms with van der Waals surface area (Å²) in [7, 11) is 0. The van der Waals surface area contributed by atoms with E-state index in [0.717, 1.165) is 65.4 Å². The maximum absolute atomic E-state index is 9.83. The van der Waals surface area contributed by atoms with E-state index in [9.17, 15) is 4.11 Å². The van der Waals surface area contributed by atoms with Gasteiger partial charge in [0, 0.05) is 16.2 Å². The summed E-state index contributed by atoms with van der Waals surface area (Å²) in [6.45, 7) is 0. The van der Waals surface area contributed by atoms with Gasteiger partial charge in [-0.15, -0.1) is 0 Å². The zero-order valence-electron chi connectivity index (χ0n) is 34.1. The molecule has 10 rings (SSSR count). The fraction of sp³-hybridized carbons (Fsp3) is 0. The molecule has 1 aromatic heterocycles. The molecule has 228 valence electrons. The van der Waals surface area contributed by atoms with Crippen molar-refractivity contribution in [1.29, 1.82) is 0 Å². The fourth-order valence-electron chi connectivity index (χ4n) is 7.21. The SMILES string of the molecule is [2H]c1c([2H])c([2H])c(-c2c([2H])c(-c3ccccc3)c([2H])c(-c3c4ccccc4c(-c4ccc5c(c4)oc4c6ccccc6ccc54)c4ccccc34)c2[2H])c([2H])c1[2H]. The molecule has 0 atom stereocenters. The molecule has 0 N–H and O–H groups in total. The Morgan fingerprint density at radius 1 is 0.367 bits per heavy atom. The highest BCUT2D eigenvalue weighted by Crippen LogP contribution is 2.46. The van der Waals surface area contributed by atoms with Crippen molar-refractivity contribution in [3.05, 3.63) is 182 Å². The monoisotopic (exact) mass is 630 g/mol. The second-order valence-corrected chi connectivity index (χ2v) is 12.2. The Labute approximate surface area is 295 Å². The summed E-state index contributed by atoms with van der Waals surface area (Å²) < 4.78 is 78.7. The minimum absolute atomic E-state index is 0.0636. The molecular formula is C48H30O. The number of benzene rings is 9. The van der Waals surface area contributed by atoms with Crippen LogP contribution in [0.15, 0.2) is 186 Å². The number of fused-ring (bicyclic) bond motifs is 7. The second kappa shape index (κ2) is 11.1. The van der Waals surface area contributed by atoms with E-state index >= 15 is 0 Å². The standard InChI is InChI=1S/C48H30O/c1-3-13-31(14-4-1)35-27-36(32-15-5-2-6-16-32)29-37(28-35)47-42-21-11-9-19-40(42)46(41-20-10-12-22-43(41)47)34-24-25-39-44-26-23-33-17-7-8-18-38(33)48(44)49-45(39)30-34/h1-30H/i1D,3D,4D,13D,14D,27D,28D,29D.